The van der Waals surface area contributed by atoms with Crippen molar-refractivity contribution in [3.63, 3.8) is 0 Å². The molecule has 1 aliphatic heterocycles. The van der Waals surface area contributed by atoms with Gasteiger partial charge in [-0.1, -0.05) is 11.6 Å². The summed E-state index contributed by atoms with van der Waals surface area (Å²) in [6.07, 6.45) is 3.59. The summed E-state index contributed by atoms with van der Waals surface area (Å²) in [6.45, 7) is 1.46. The molecule has 0 spiro atoms. The van der Waals surface area contributed by atoms with Crippen LogP contribution < -0.4 is 4.90 Å². The normalized spacial score (nSPS) is 14.9. The number of hydrogen-bond donors (Lipinski definition) is 1. The Morgan fingerprint density at radius 3 is 2.89 bits per heavy atom. The summed E-state index contributed by atoms with van der Waals surface area (Å²) in [4.78, 5) is 21.9. The average molecular weight is 272 g/mol. The van der Waals surface area contributed by atoms with E-state index in [4.69, 9.17) is 21.4 Å². The molecule has 0 unspecified atom stereocenters. The second kappa shape index (κ2) is 5.97. The lowest BCUT2D eigenvalue weighted by Crippen LogP contribution is -2.22. The van der Waals surface area contributed by atoms with Gasteiger partial charge in [-0.05, 0) is 12.8 Å². The topological polar surface area (TPSA) is 75.6 Å². The van der Waals surface area contributed by atoms with Gasteiger partial charge in [0.15, 0.2) is 5.69 Å². The minimum atomic E-state index is -0.642. The fourth-order valence-electron chi connectivity index (χ4n) is 1.78. The van der Waals surface area contributed by atoms with Gasteiger partial charge < -0.3 is 14.7 Å². The second-order valence-corrected chi connectivity index (χ2v) is 4.33. The molecule has 1 fully saturated rings. The zero-order valence-corrected chi connectivity index (χ0v) is 10.6. The lowest BCUT2D eigenvalue weighted by Gasteiger charge is -2.15. The Balaban J connectivity index is 2.17. The summed E-state index contributed by atoms with van der Waals surface area (Å²) < 4.78 is 4.79. The van der Waals surface area contributed by atoms with E-state index in [1.54, 1.807) is 0 Å². The van der Waals surface area contributed by atoms with E-state index >= 15 is 0 Å². The van der Waals surface area contributed by atoms with Crippen LogP contribution in [0.2, 0.25) is 5.02 Å². The summed E-state index contributed by atoms with van der Waals surface area (Å²) in [5, 5.41) is 8.76. The lowest BCUT2D eigenvalue weighted by molar-refractivity contribution is 0.0427. The van der Waals surface area contributed by atoms with Crippen LogP contribution in [0, 0.1) is 0 Å². The van der Waals surface area contributed by atoms with E-state index in [9.17, 15) is 4.79 Å². The van der Waals surface area contributed by atoms with Gasteiger partial charge >= 0.3 is 5.97 Å². The van der Waals surface area contributed by atoms with Crippen LogP contribution >= 0.6 is 11.6 Å². The highest BCUT2D eigenvalue weighted by Gasteiger charge is 2.20. The van der Waals surface area contributed by atoms with Crippen molar-refractivity contribution >= 4 is 23.5 Å². The molecular weight excluding hydrogens is 258 g/mol. The molecule has 0 radical (unpaired) electrons. The summed E-state index contributed by atoms with van der Waals surface area (Å²) in [6, 6.07) is 0. The van der Waals surface area contributed by atoms with Crippen molar-refractivity contribution in [2.45, 2.75) is 12.8 Å². The van der Waals surface area contributed by atoms with Gasteiger partial charge in [-0.2, -0.15) is 0 Å². The fraction of sp³-hybridized carbons (Fsp3) is 0.545. The number of nitrogens with zero attached hydrogens (tertiary/aromatic N) is 3. The summed E-state index contributed by atoms with van der Waals surface area (Å²) in [5.41, 5.74) is 0.0435. The smallest absolute Gasteiger partial charge is 0.358 e. The number of hydrogen-bond acceptors (Lipinski definition) is 6. The molecule has 0 aromatic carbocycles. The molecule has 1 saturated heterocycles. The summed E-state index contributed by atoms with van der Waals surface area (Å²) in [5.74, 6) is -0.148. The number of carbonyl (C=O) groups is 1. The number of aliphatic hydroxyl groups is 1. The first-order chi connectivity index (χ1) is 8.72. The maximum absolute atomic E-state index is 11.7. The first-order valence-electron chi connectivity index (χ1n) is 5.78. The first kappa shape index (κ1) is 13.0. The maximum atomic E-state index is 11.7. The van der Waals surface area contributed by atoms with Crippen LogP contribution in [0.5, 0.6) is 0 Å². The number of anilines is 1. The van der Waals surface area contributed by atoms with Crippen LogP contribution in [0.4, 0.5) is 5.95 Å². The fourth-order valence-corrected chi connectivity index (χ4v) is 1.95. The minimum Gasteiger partial charge on any atom is -0.458 e. The Morgan fingerprint density at radius 1 is 1.50 bits per heavy atom. The molecule has 2 rings (SSSR count). The highest BCUT2D eigenvalue weighted by molar-refractivity contribution is 6.33. The monoisotopic (exact) mass is 271 g/mol. The quantitative estimate of drug-likeness (QED) is 0.820. The molecule has 0 atom stereocenters. The number of esters is 1. The van der Waals surface area contributed by atoms with Crippen LogP contribution in [0.1, 0.15) is 23.3 Å². The minimum absolute atomic E-state index is 0.0435. The molecule has 6 nitrogen and oxygen atoms in total. The highest BCUT2D eigenvalue weighted by atomic mass is 35.5. The molecule has 0 bridgehead atoms. The van der Waals surface area contributed by atoms with Crippen molar-refractivity contribution in [1.29, 1.82) is 0 Å². The Kier molecular flexibility index (Phi) is 4.33. The van der Waals surface area contributed by atoms with Crippen LogP contribution in [0.15, 0.2) is 6.20 Å². The van der Waals surface area contributed by atoms with Gasteiger partial charge in [-0.15, -0.1) is 0 Å². The van der Waals surface area contributed by atoms with Crippen LogP contribution in [-0.4, -0.2) is 47.3 Å². The van der Waals surface area contributed by atoms with Gasteiger partial charge in [-0.3, -0.25) is 0 Å². The molecule has 0 saturated carbocycles. The van der Waals surface area contributed by atoms with Gasteiger partial charge in [0.25, 0.3) is 0 Å². The van der Waals surface area contributed by atoms with Crippen LogP contribution in [-0.2, 0) is 4.74 Å². The predicted octanol–water partition coefficient (Wildman–Crippen LogP) is 0.879. The molecule has 2 heterocycles. The van der Waals surface area contributed by atoms with Crippen LogP contribution in [0.25, 0.3) is 0 Å². The SMILES string of the molecule is O=C(OCCO)c1nc(N2CCCC2)ncc1Cl. The third-order valence-electron chi connectivity index (χ3n) is 2.64. The number of halogens is 1. The third-order valence-corrected chi connectivity index (χ3v) is 2.91. The Bertz CT molecular complexity index is 436. The van der Waals surface area contributed by atoms with E-state index in [1.807, 2.05) is 4.90 Å². The Labute approximate surface area is 110 Å². The number of aromatic nitrogens is 2. The lowest BCUT2D eigenvalue weighted by atomic mass is 10.4. The van der Waals surface area contributed by atoms with Crippen molar-refractivity contribution in [3.8, 4) is 0 Å². The molecule has 98 valence electrons. The Hall–Kier alpha value is -1.40. The molecule has 1 aromatic heterocycles. The van der Waals surface area contributed by atoms with Gasteiger partial charge in [0.05, 0.1) is 17.8 Å². The molecule has 1 aromatic rings. The predicted molar refractivity (Wildman–Crippen MR) is 65.9 cm³/mol. The molecule has 0 amide bonds. The maximum Gasteiger partial charge on any atom is 0.358 e. The van der Waals surface area contributed by atoms with Gasteiger partial charge in [0, 0.05) is 13.1 Å². The van der Waals surface area contributed by atoms with E-state index < -0.39 is 5.97 Å². The zero-order valence-electron chi connectivity index (χ0n) is 9.80. The van der Waals surface area contributed by atoms with Crippen molar-refractivity contribution in [2.75, 3.05) is 31.2 Å². The van der Waals surface area contributed by atoms with Crippen molar-refractivity contribution in [2.24, 2.45) is 0 Å². The van der Waals surface area contributed by atoms with E-state index in [1.165, 1.54) is 6.20 Å². The molecule has 18 heavy (non-hydrogen) atoms. The van der Waals surface area contributed by atoms with Crippen molar-refractivity contribution < 1.29 is 14.6 Å². The first-order valence-corrected chi connectivity index (χ1v) is 6.15. The molecule has 0 aliphatic carbocycles. The van der Waals surface area contributed by atoms with Crippen LogP contribution in [0.3, 0.4) is 0 Å². The van der Waals surface area contributed by atoms with E-state index in [0.29, 0.717) is 5.95 Å². The Morgan fingerprint density at radius 2 is 2.22 bits per heavy atom. The number of rotatable bonds is 4. The van der Waals surface area contributed by atoms with Gasteiger partial charge in [0.1, 0.15) is 6.61 Å². The third kappa shape index (κ3) is 2.88. The van der Waals surface area contributed by atoms with Gasteiger partial charge in [-0.25, -0.2) is 14.8 Å². The second-order valence-electron chi connectivity index (χ2n) is 3.92. The zero-order chi connectivity index (χ0) is 13.0. The number of aliphatic hydroxyl groups excluding tert-OH is 1. The molecule has 1 aliphatic rings. The van der Waals surface area contributed by atoms with Gasteiger partial charge in [0.2, 0.25) is 5.95 Å². The summed E-state index contributed by atoms with van der Waals surface area (Å²) in [7, 11) is 0. The number of carbonyl (C=O) groups excluding carboxylic acids is 1. The van der Waals surface area contributed by atoms with E-state index in [-0.39, 0.29) is 23.9 Å². The summed E-state index contributed by atoms with van der Waals surface area (Å²) >= 11 is 5.87. The van der Waals surface area contributed by atoms with Crippen molar-refractivity contribution in [3.05, 3.63) is 16.9 Å². The standard InChI is InChI=1S/C11H14ClN3O3/c12-8-7-13-11(15-3-1-2-4-15)14-9(8)10(17)18-6-5-16/h7,16H,1-6H2. The highest BCUT2D eigenvalue weighted by Crippen LogP contribution is 2.20. The average Bonchev–Trinajstić information content (AvgIpc) is 2.90. The van der Waals surface area contributed by atoms with Crippen molar-refractivity contribution in [1.82, 2.24) is 9.97 Å². The largest absolute Gasteiger partial charge is 0.458 e. The van der Waals surface area contributed by atoms with E-state index in [2.05, 4.69) is 9.97 Å². The molecule has 1 N–H and O–H groups in total. The van der Waals surface area contributed by atoms with E-state index in [0.717, 1.165) is 25.9 Å². The number of ether oxygens (including phenoxy) is 1. The molecule has 7 heteroatoms. The molecular formula is C11H14ClN3O3.